The Morgan fingerprint density at radius 2 is 1.81 bits per heavy atom. The van der Waals surface area contributed by atoms with E-state index < -0.39 is 16.7 Å². The number of hydrogen-bond acceptors (Lipinski definition) is 5. The normalized spacial score (nSPS) is 11.5. The number of aromatic nitrogens is 2. The van der Waals surface area contributed by atoms with E-state index in [1.807, 2.05) is 0 Å². The number of halogens is 1. The molecule has 1 aromatic heterocycles. The number of nitro groups is 1. The van der Waals surface area contributed by atoms with Crippen LogP contribution in [0, 0.1) is 10.1 Å². The molecule has 0 aliphatic heterocycles. The summed E-state index contributed by atoms with van der Waals surface area (Å²) in [6.45, 7) is 0. The lowest BCUT2D eigenvalue weighted by Gasteiger charge is -2.06. The quantitative estimate of drug-likeness (QED) is 0.209. The second kappa shape index (κ2) is 8.07. The van der Waals surface area contributed by atoms with Crippen LogP contribution in [0.25, 0.3) is 28.5 Å². The molecule has 0 saturated carbocycles. The Labute approximate surface area is 175 Å². The second-order valence-corrected chi connectivity index (χ2v) is 6.61. The van der Waals surface area contributed by atoms with Crippen LogP contribution in [0.1, 0.15) is 5.56 Å². The van der Waals surface area contributed by atoms with Gasteiger partial charge in [-0.25, -0.2) is 9.37 Å². The van der Waals surface area contributed by atoms with E-state index in [0.717, 1.165) is 10.8 Å². The molecule has 0 spiro atoms. The van der Waals surface area contributed by atoms with Crippen LogP contribution in [0.2, 0.25) is 0 Å². The summed E-state index contributed by atoms with van der Waals surface area (Å²) >= 11 is 0. The number of carbonyl (C=O) groups excluding carboxylic acids is 1. The van der Waals surface area contributed by atoms with Gasteiger partial charge in [0.25, 0.3) is 11.6 Å². The molecule has 2 N–H and O–H groups in total. The summed E-state index contributed by atoms with van der Waals surface area (Å²) in [6, 6.07) is 18.8. The van der Waals surface area contributed by atoms with E-state index in [9.17, 15) is 24.5 Å². The summed E-state index contributed by atoms with van der Waals surface area (Å²) in [7, 11) is 0. The van der Waals surface area contributed by atoms with Crippen molar-refractivity contribution in [2.45, 2.75) is 0 Å². The summed E-state index contributed by atoms with van der Waals surface area (Å²) in [5, 5.41) is 23.8. The van der Waals surface area contributed by atoms with Crippen molar-refractivity contribution in [3.05, 3.63) is 94.3 Å². The number of anilines is 1. The summed E-state index contributed by atoms with van der Waals surface area (Å²) in [5.41, 5.74) is 1.81. The highest BCUT2D eigenvalue weighted by molar-refractivity contribution is 6.05. The minimum absolute atomic E-state index is 0.169. The highest BCUT2D eigenvalue weighted by atomic mass is 19.1. The fourth-order valence-electron chi connectivity index (χ4n) is 3.01. The van der Waals surface area contributed by atoms with Gasteiger partial charge in [0.05, 0.1) is 10.4 Å². The Morgan fingerprint density at radius 1 is 1.10 bits per heavy atom. The van der Waals surface area contributed by atoms with Crippen LogP contribution in [0.5, 0.6) is 0 Å². The van der Waals surface area contributed by atoms with Gasteiger partial charge in [0.15, 0.2) is 11.7 Å². The molecule has 154 valence electrons. The number of carbonyl (C=O) groups is 1. The second-order valence-electron chi connectivity index (χ2n) is 6.61. The lowest BCUT2D eigenvalue weighted by atomic mass is 10.2. The first-order valence-corrected chi connectivity index (χ1v) is 9.12. The van der Waals surface area contributed by atoms with E-state index in [1.54, 1.807) is 42.5 Å². The molecule has 8 nitrogen and oxygen atoms in total. The molecule has 0 bridgehead atoms. The molecule has 3 aromatic carbocycles. The van der Waals surface area contributed by atoms with Crippen LogP contribution in [0.4, 0.5) is 15.8 Å². The topological polar surface area (TPSA) is 110 Å². The van der Waals surface area contributed by atoms with E-state index in [4.69, 9.17) is 0 Å². The first-order chi connectivity index (χ1) is 14.9. The Hall–Kier alpha value is -4.53. The standard InChI is InChI=1S/C22H15FN4O4/c23-18(12-14-4-2-1-3-5-14)22(28)24-16-8-6-15(7-9-16)21-25-19-11-10-17(27(30)31)13-20(19)26(21)29/h1-13,29H,(H,24,28). The third-order valence-corrected chi connectivity index (χ3v) is 4.54. The molecular formula is C22H15FN4O4. The van der Waals surface area contributed by atoms with Gasteiger partial charge in [0.2, 0.25) is 0 Å². The van der Waals surface area contributed by atoms with Crippen molar-refractivity contribution in [1.82, 2.24) is 9.71 Å². The van der Waals surface area contributed by atoms with Crippen LogP contribution in [0.15, 0.2) is 78.6 Å². The molecule has 0 aliphatic carbocycles. The largest absolute Gasteiger partial charge is 0.426 e. The van der Waals surface area contributed by atoms with Crippen molar-refractivity contribution in [3.8, 4) is 11.4 Å². The fourth-order valence-corrected chi connectivity index (χ4v) is 3.01. The summed E-state index contributed by atoms with van der Waals surface area (Å²) in [4.78, 5) is 26.7. The SMILES string of the molecule is O=C(Nc1ccc(-c2nc3ccc([N+](=O)[O-])cc3n2O)cc1)C(F)=Cc1ccccc1. The number of nitro benzene ring substituents is 1. The lowest BCUT2D eigenvalue weighted by molar-refractivity contribution is -0.384. The molecule has 0 saturated heterocycles. The van der Waals surface area contributed by atoms with Gasteiger partial charge in [0.1, 0.15) is 5.52 Å². The molecule has 31 heavy (non-hydrogen) atoms. The molecule has 0 unspecified atom stereocenters. The minimum atomic E-state index is -0.936. The minimum Gasteiger partial charge on any atom is -0.426 e. The predicted octanol–water partition coefficient (Wildman–Crippen LogP) is 4.80. The van der Waals surface area contributed by atoms with Crippen molar-refractivity contribution in [2.24, 2.45) is 0 Å². The Morgan fingerprint density at radius 3 is 2.48 bits per heavy atom. The van der Waals surface area contributed by atoms with Gasteiger partial charge >= 0.3 is 0 Å². The number of hydrogen-bond donors (Lipinski definition) is 2. The van der Waals surface area contributed by atoms with Crippen LogP contribution < -0.4 is 5.32 Å². The summed E-state index contributed by atoms with van der Waals surface area (Å²) in [6.07, 6.45) is 1.14. The van der Waals surface area contributed by atoms with Crippen molar-refractivity contribution < 1.29 is 19.3 Å². The molecule has 4 rings (SSSR count). The Balaban J connectivity index is 1.54. The van der Waals surface area contributed by atoms with Gasteiger partial charge < -0.3 is 10.5 Å². The van der Waals surface area contributed by atoms with E-state index in [2.05, 4.69) is 10.3 Å². The Bertz CT molecular complexity index is 1310. The zero-order valence-corrected chi connectivity index (χ0v) is 15.9. The van der Waals surface area contributed by atoms with E-state index in [0.29, 0.717) is 22.3 Å². The van der Waals surface area contributed by atoms with Gasteiger partial charge in [-0.15, -0.1) is 0 Å². The number of fused-ring (bicyclic) bond motifs is 1. The van der Waals surface area contributed by atoms with Crippen molar-refractivity contribution in [1.29, 1.82) is 0 Å². The number of amides is 1. The number of nitrogens with zero attached hydrogens (tertiary/aromatic N) is 3. The monoisotopic (exact) mass is 418 g/mol. The van der Waals surface area contributed by atoms with Crippen LogP contribution >= 0.6 is 0 Å². The number of non-ortho nitro benzene ring substituents is 1. The van der Waals surface area contributed by atoms with Gasteiger partial charge in [-0.2, -0.15) is 4.73 Å². The van der Waals surface area contributed by atoms with E-state index in [-0.39, 0.29) is 17.0 Å². The van der Waals surface area contributed by atoms with Crippen LogP contribution in [-0.4, -0.2) is 25.8 Å². The Kier molecular flexibility index (Phi) is 5.15. The maximum absolute atomic E-state index is 14.1. The number of nitrogens with one attached hydrogen (secondary N) is 1. The van der Waals surface area contributed by atoms with Crippen molar-refractivity contribution in [3.63, 3.8) is 0 Å². The fraction of sp³-hybridized carbons (Fsp3) is 0. The highest BCUT2D eigenvalue weighted by Crippen LogP contribution is 2.27. The molecule has 1 amide bonds. The zero-order chi connectivity index (χ0) is 22.0. The molecule has 0 fully saturated rings. The third-order valence-electron chi connectivity index (χ3n) is 4.54. The van der Waals surface area contributed by atoms with E-state index >= 15 is 0 Å². The van der Waals surface area contributed by atoms with Crippen LogP contribution in [-0.2, 0) is 4.79 Å². The molecule has 1 heterocycles. The first-order valence-electron chi connectivity index (χ1n) is 9.12. The average Bonchev–Trinajstić information content (AvgIpc) is 3.11. The summed E-state index contributed by atoms with van der Waals surface area (Å²) < 4.78 is 14.9. The molecular weight excluding hydrogens is 403 g/mol. The molecule has 0 radical (unpaired) electrons. The van der Waals surface area contributed by atoms with Gasteiger partial charge in [-0.05, 0) is 42.0 Å². The van der Waals surface area contributed by atoms with Gasteiger partial charge in [-0.3, -0.25) is 14.9 Å². The first kappa shape index (κ1) is 19.8. The highest BCUT2D eigenvalue weighted by Gasteiger charge is 2.16. The average molecular weight is 418 g/mol. The lowest BCUT2D eigenvalue weighted by Crippen LogP contribution is -2.11. The van der Waals surface area contributed by atoms with Gasteiger partial charge in [-0.1, -0.05) is 30.3 Å². The van der Waals surface area contributed by atoms with Crippen molar-refractivity contribution in [2.75, 3.05) is 5.32 Å². The smallest absolute Gasteiger partial charge is 0.284 e. The molecule has 0 atom stereocenters. The predicted molar refractivity (Wildman–Crippen MR) is 113 cm³/mol. The van der Waals surface area contributed by atoms with Gasteiger partial charge in [0, 0.05) is 23.4 Å². The van der Waals surface area contributed by atoms with E-state index in [1.165, 1.54) is 30.3 Å². The van der Waals surface area contributed by atoms with Crippen LogP contribution in [0.3, 0.4) is 0 Å². The molecule has 4 aromatic rings. The van der Waals surface area contributed by atoms with Crippen molar-refractivity contribution >= 4 is 34.4 Å². The maximum Gasteiger partial charge on any atom is 0.284 e. The molecule has 9 heteroatoms. The number of benzene rings is 3. The zero-order valence-electron chi connectivity index (χ0n) is 15.9. The summed E-state index contributed by atoms with van der Waals surface area (Å²) in [5.74, 6) is -1.66. The maximum atomic E-state index is 14.1. The number of imidazole rings is 1. The number of rotatable bonds is 5. The third kappa shape index (κ3) is 4.10. The molecule has 0 aliphatic rings.